The predicted molar refractivity (Wildman–Crippen MR) is 74.8 cm³/mol. The Bertz CT molecular complexity index is 609. The minimum atomic E-state index is -0.652. The number of halogens is 2. The summed E-state index contributed by atoms with van der Waals surface area (Å²) in [4.78, 5) is 8.51. The molecule has 0 aliphatic heterocycles. The number of hydrogen-bond donors (Lipinski definition) is 2. The van der Waals surface area contributed by atoms with E-state index in [1.54, 1.807) is 6.92 Å². The summed E-state index contributed by atoms with van der Waals surface area (Å²) in [5, 5.41) is 2.88. The van der Waals surface area contributed by atoms with Crippen molar-refractivity contribution >= 4 is 17.3 Å². The number of hydrogen-bond acceptors (Lipinski definition) is 4. The third-order valence-corrected chi connectivity index (χ3v) is 2.83. The van der Waals surface area contributed by atoms with Crippen molar-refractivity contribution in [3.63, 3.8) is 0 Å². The van der Waals surface area contributed by atoms with E-state index in [-0.39, 0.29) is 5.69 Å². The Morgan fingerprint density at radius 3 is 2.40 bits per heavy atom. The van der Waals surface area contributed by atoms with E-state index in [2.05, 4.69) is 15.3 Å². The molecule has 0 fully saturated rings. The Labute approximate surface area is 116 Å². The molecule has 0 radical (unpaired) electrons. The van der Waals surface area contributed by atoms with Crippen LogP contribution in [0.5, 0.6) is 0 Å². The van der Waals surface area contributed by atoms with Gasteiger partial charge in [0.15, 0.2) is 0 Å². The van der Waals surface area contributed by atoms with Crippen LogP contribution in [-0.4, -0.2) is 9.97 Å². The van der Waals surface area contributed by atoms with Gasteiger partial charge in [-0.2, -0.15) is 0 Å². The highest BCUT2D eigenvalue weighted by Gasteiger charge is 2.10. The molecule has 0 saturated carbocycles. The number of nitrogens with two attached hydrogens (primary N) is 1. The fraction of sp³-hybridized carbons (Fsp3) is 0.286. The van der Waals surface area contributed by atoms with E-state index in [0.29, 0.717) is 29.4 Å². The second-order valence-electron chi connectivity index (χ2n) is 4.53. The minimum Gasteiger partial charge on any atom is -0.383 e. The lowest BCUT2D eigenvalue weighted by molar-refractivity contribution is 0.584. The van der Waals surface area contributed by atoms with Crippen LogP contribution in [0.4, 0.5) is 26.1 Å². The normalized spacial score (nSPS) is 10.6. The maximum atomic E-state index is 13.2. The number of aromatic nitrogens is 2. The van der Waals surface area contributed by atoms with Crippen LogP contribution in [-0.2, 0) is 6.42 Å². The first-order chi connectivity index (χ1) is 9.49. The molecule has 0 atom stereocenters. The fourth-order valence-electron chi connectivity index (χ4n) is 1.80. The summed E-state index contributed by atoms with van der Waals surface area (Å²) >= 11 is 0. The van der Waals surface area contributed by atoms with E-state index < -0.39 is 11.6 Å². The number of rotatable bonds is 4. The first-order valence-corrected chi connectivity index (χ1v) is 6.35. The van der Waals surface area contributed by atoms with E-state index in [0.717, 1.165) is 12.5 Å². The lowest BCUT2D eigenvalue weighted by Crippen LogP contribution is -2.07. The van der Waals surface area contributed by atoms with Gasteiger partial charge in [-0.1, -0.05) is 6.92 Å². The smallest absolute Gasteiger partial charge is 0.139 e. The van der Waals surface area contributed by atoms with E-state index in [9.17, 15) is 8.78 Å². The van der Waals surface area contributed by atoms with E-state index in [4.69, 9.17) is 5.73 Å². The van der Waals surface area contributed by atoms with Gasteiger partial charge in [0, 0.05) is 23.7 Å². The van der Waals surface area contributed by atoms with Gasteiger partial charge in [0.2, 0.25) is 0 Å². The average Bonchev–Trinajstić information content (AvgIpc) is 2.34. The Morgan fingerprint density at radius 2 is 1.80 bits per heavy atom. The minimum absolute atomic E-state index is 0.283. The second-order valence-corrected chi connectivity index (χ2v) is 4.53. The summed E-state index contributed by atoms with van der Waals surface area (Å²) < 4.78 is 26.3. The number of aryl methyl sites for hydroxylation is 1. The Kier molecular flexibility index (Phi) is 4.12. The molecule has 20 heavy (non-hydrogen) atoms. The summed E-state index contributed by atoms with van der Waals surface area (Å²) in [5.41, 5.74) is 6.76. The van der Waals surface area contributed by atoms with Gasteiger partial charge in [0.25, 0.3) is 0 Å². The first kappa shape index (κ1) is 14.2. The van der Waals surface area contributed by atoms with Crippen molar-refractivity contribution in [3.8, 4) is 0 Å². The zero-order valence-corrected chi connectivity index (χ0v) is 11.4. The van der Waals surface area contributed by atoms with Crippen LogP contribution in [0, 0.1) is 18.6 Å². The lowest BCUT2D eigenvalue weighted by atomic mass is 10.2. The quantitative estimate of drug-likeness (QED) is 0.900. The average molecular weight is 278 g/mol. The van der Waals surface area contributed by atoms with Crippen LogP contribution in [0.3, 0.4) is 0 Å². The zero-order valence-electron chi connectivity index (χ0n) is 11.4. The maximum Gasteiger partial charge on any atom is 0.139 e. The van der Waals surface area contributed by atoms with Crippen molar-refractivity contribution in [2.45, 2.75) is 26.7 Å². The summed E-state index contributed by atoms with van der Waals surface area (Å²) in [6, 6.07) is 3.20. The number of nitrogens with one attached hydrogen (secondary N) is 1. The van der Waals surface area contributed by atoms with Crippen molar-refractivity contribution < 1.29 is 8.78 Å². The molecule has 0 aliphatic rings. The molecule has 2 rings (SSSR count). The van der Waals surface area contributed by atoms with Crippen LogP contribution < -0.4 is 11.1 Å². The summed E-state index contributed by atoms with van der Waals surface area (Å²) in [6.45, 7) is 3.76. The third-order valence-electron chi connectivity index (χ3n) is 2.83. The highest BCUT2D eigenvalue weighted by Crippen LogP contribution is 2.23. The fourth-order valence-corrected chi connectivity index (χ4v) is 1.80. The van der Waals surface area contributed by atoms with Gasteiger partial charge in [0.05, 0.1) is 0 Å². The molecular formula is C14H16F2N4. The van der Waals surface area contributed by atoms with Crippen LogP contribution in [0.1, 0.15) is 24.7 Å². The predicted octanol–water partition coefficient (Wildman–Crippen LogP) is 3.34. The molecule has 6 heteroatoms. The van der Waals surface area contributed by atoms with Crippen LogP contribution in [0.2, 0.25) is 0 Å². The van der Waals surface area contributed by atoms with E-state index in [1.165, 1.54) is 12.1 Å². The second kappa shape index (κ2) is 5.81. The van der Waals surface area contributed by atoms with Gasteiger partial charge in [-0.25, -0.2) is 18.7 Å². The van der Waals surface area contributed by atoms with Crippen molar-refractivity contribution in [1.29, 1.82) is 0 Å². The molecule has 0 unspecified atom stereocenters. The van der Waals surface area contributed by atoms with Crippen molar-refractivity contribution in [3.05, 3.63) is 41.2 Å². The standard InChI is InChI=1S/C14H16F2N4/c1-3-4-12-19-13(17)8(2)14(20-12)18-11-6-9(15)5-10(16)7-11/h5-7H,3-4H2,1-2H3,(H3,17,18,19,20). The topological polar surface area (TPSA) is 63.8 Å². The number of nitrogen functional groups attached to an aromatic ring is 1. The number of benzene rings is 1. The van der Waals surface area contributed by atoms with Gasteiger partial charge in [0.1, 0.15) is 29.1 Å². The van der Waals surface area contributed by atoms with Gasteiger partial charge in [-0.15, -0.1) is 0 Å². The van der Waals surface area contributed by atoms with Crippen molar-refractivity contribution in [2.24, 2.45) is 0 Å². The van der Waals surface area contributed by atoms with Crippen LogP contribution in [0.25, 0.3) is 0 Å². The molecule has 3 N–H and O–H groups in total. The van der Waals surface area contributed by atoms with Gasteiger partial charge < -0.3 is 11.1 Å². The molecule has 0 amide bonds. The highest BCUT2D eigenvalue weighted by atomic mass is 19.1. The van der Waals surface area contributed by atoms with E-state index in [1.807, 2.05) is 6.92 Å². The van der Waals surface area contributed by atoms with Crippen LogP contribution in [0.15, 0.2) is 18.2 Å². The summed E-state index contributed by atoms with van der Waals surface area (Å²) in [5.74, 6) is 0.130. The molecular weight excluding hydrogens is 262 g/mol. The Morgan fingerprint density at radius 1 is 1.15 bits per heavy atom. The number of nitrogens with zero attached hydrogens (tertiary/aromatic N) is 2. The largest absolute Gasteiger partial charge is 0.383 e. The maximum absolute atomic E-state index is 13.2. The molecule has 1 aromatic heterocycles. The first-order valence-electron chi connectivity index (χ1n) is 6.35. The Balaban J connectivity index is 2.36. The van der Waals surface area contributed by atoms with Gasteiger partial charge in [-0.05, 0) is 25.5 Å². The molecule has 0 saturated heterocycles. The third kappa shape index (κ3) is 3.20. The molecule has 0 bridgehead atoms. The molecule has 0 spiro atoms. The molecule has 2 aromatic rings. The van der Waals surface area contributed by atoms with Gasteiger partial charge >= 0.3 is 0 Å². The number of anilines is 3. The van der Waals surface area contributed by atoms with Crippen molar-refractivity contribution in [2.75, 3.05) is 11.1 Å². The van der Waals surface area contributed by atoms with E-state index >= 15 is 0 Å². The molecule has 0 aliphatic carbocycles. The van der Waals surface area contributed by atoms with Gasteiger partial charge in [-0.3, -0.25) is 0 Å². The lowest BCUT2D eigenvalue weighted by Gasteiger charge is -2.12. The van der Waals surface area contributed by atoms with Crippen LogP contribution >= 0.6 is 0 Å². The molecule has 1 heterocycles. The SMILES string of the molecule is CCCc1nc(N)c(C)c(Nc2cc(F)cc(F)c2)n1. The van der Waals surface area contributed by atoms with Crippen molar-refractivity contribution in [1.82, 2.24) is 9.97 Å². The summed E-state index contributed by atoms with van der Waals surface area (Å²) in [7, 11) is 0. The monoisotopic (exact) mass is 278 g/mol. The molecule has 4 nitrogen and oxygen atoms in total. The highest BCUT2D eigenvalue weighted by molar-refractivity contribution is 5.63. The molecule has 106 valence electrons. The summed E-state index contributed by atoms with van der Waals surface area (Å²) in [6.07, 6.45) is 1.58. The molecule has 1 aromatic carbocycles. The zero-order chi connectivity index (χ0) is 14.7. The Hall–Kier alpha value is -2.24.